The van der Waals surface area contributed by atoms with Gasteiger partial charge in [0.15, 0.2) is 0 Å². The molecule has 0 aliphatic rings. The van der Waals surface area contributed by atoms with E-state index in [2.05, 4.69) is 20.8 Å². The van der Waals surface area contributed by atoms with Crippen LogP contribution in [0.4, 0.5) is 0 Å². The zero-order chi connectivity index (χ0) is 13.8. The fourth-order valence-electron chi connectivity index (χ4n) is 1.65. The summed E-state index contributed by atoms with van der Waals surface area (Å²) >= 11 is 0. The molecule has 19 heavy (non-hydrogen) atoms. The van der Waals surface area contributed by atoms with Crippen molar-refractivity contribution in [2.24, 2.45) is 11.8 Å². The van der Waals surface area contributed by atoms with E-state index in [1.165, 1.54) is 4.80 Å². The molecule has 7 nitrogen and oxygen atoms in total. The van der Waals surface area contributed by atoms with Gasteiger partial charge in [0.05, 0.1) is 12.0 Å². The lowest BCUT2D eigenvalue weighted by molar-refractivity contribution is -0.125. The van der Waals surface area contributed by atoms with Gasteiger partial charge in [-0.1, -0.05) is 37.3 Å². The average Bonchev–Trinajstić information content (AvgIpc) is 2.95. The van der Waals surface area contributed by atoms with Crippen molar-refractivity contribution in [3.8, 4) is 11.4 Å². The van der Waals surface area contributed by atoms with E-state index in [-0.39, 0.29) is 17.9 Å². The van der Waals surface area contributed by atoms with Gasteiger partial charge in [0.1, 0.15) is 0 Å². The molecule has 1 aromatic heterocycles. The summed E-state index contributed by atoms with van der Waals surface area (Å²) in [6.07, 6.45) is 0. The topological polar surface area (TPSA) is 98.7 Å². The summed E-state index contributed by atoms with van der Waals surface area (Å²) in [5, 5.41) is 12.3. The number of hydrogen-bond donors (Lipinski definition) is 2. The van der Waals surface area contributed by atoms with Crippen molar-refractivity contribution < 1.29 is 4.79 Å². The summed E-state index contributed by atoms with van der Waals surface area (Å²) in [6, 6.07) is 9.32. The number of amides is 1. The van der Waals surface area contributed by atoms with Gasteiger partial charge in [-0.3, -0.25) is 10.2 Å². The van der Waals surface area contributed by atoms with Gasteiger partial charge in [0.25, 0.3) is 0 Å². The van der Waals surface area contributed by atoms with E-state index in [0.29, 0.717) is 5.82 Å². The molecule has 1 heterocycles. The summed E-state index contributed by atoms with van der Waals surface area (Å²) in [6.45, 7) is 3.61. The average molecular weight is 260 g/mol. The Bertz CT molecular complexity index is 552. The number of carbonyl (C=O) groups is 1. The zero-order valence-electron chi connectivity index (χ0n) is 10.8. The van der Waals surface area contributed by atoms with Crippen LogP contribution in [-0.2, 0) is 4.79 Å². The van der Waals surface area contributed by atoms with Gasteiger partial charge in [0, 0.05) is 5.56 Å². The maximum atomic E-state index is 11.5. The third-order valence-corrected chi connectivity index (χ3v) is 3.10. The van der Waals surface area contributed by atoms with Gasteiger partial charge >= 0.3 is 0 Å². The summed E-state index contributed by atoms with van der Waals surface area (Å²) in [5.74, 6) is 5.05. The van der Waals surface area contributed by atoms with Crippen LogP contribution in [0.1, 0.15) is 19.9 Å². The molecule has 2 aromatic rings. The number of benzene rings is 1. The molecule has 2 rings (SSSR count). The molecule has 0 aliphatic heterocycles. The standard InChI is InChI=1S/C12H16N6O/c1-8(12(19)14-13)9(2)18-16-11(15-17-18)10-6-4-3-5-7-10/h3-9H,13H2,1-2H3,(H,14,19). The molecule has 7 heteroatoms. The normalized spacial score (nSPS) is 13.8. The van der Waals surface area contributed by atoms with Gasteiger partial charge in [-0.2, -0.15) is 4.80 Å². The molecule has 0 bridgehead atoms. The monoisotopic (exact) mass is 260 g/mol. The second-order valence-electron chi connectivity index (χ2n) is 4.34. The van der Waals surface area contributed by atoms with Gasteiger partial charge in [-0.15, -0.1) is 10.2 Å². The Labute approximate surface area is 110 Å². The van der Waals surface area contributed by atoms with Gasteiger partial charge in [-0.05, 0) is 12.1 Å². The van der Waals surface area contributed by atoms with Crippen LogP contribution in [0.25, 0.3) is 11.4 Å². The molecule has 0 saturated carbocycles. The number of hydrogen-bond acceptors (Lipinski definition) is 5. The number of rotatable bonds is 4. The first kappa shape index (κ1) is 13.2. The Hall–Kier alpha value is -2.28. The first-order valence-electron chi connectivity index (χ1n) is 5.99. The van der Waals surface area contributed by atoms with Gasteiger partial charge in [-0.25, -0.2) is 5.84 Å². The smallest absolute Gasteiger partial charge is 0.238 e. The van der Waals surface area contributed by atoms with Gasteiger partial charge < -0.3 is 0 Å². The number of aromatic nitrogens is 4. The van der Waals surface area contributed by atoms with Crippen molar-refractivity contribution in [3.05, 3.63) is 30.3 Å². The highest BCUT2D eigenvalue weighted by Gasteiger charge is 2.23. The Morgan fingerprint density at radius 2 is 2.00 bits per heavy atom. The summed E-state index contributed by atoms with van der Waals surface area (Å²) in [5.41, 5.74) is 3.01. The molecule has 0 fully saturated rings. The molecule has 0 aliphatic carbocycles. The van der Waals surface area contributed by atoms with Crippen LogP contribution >= 0.6 is 0 Å². The molecule has 0 spiro atoms. The summed E-state index contributed by atoms with van der Waals surface area (Å²) in [7, 11) is 0. The predicted molar refractivity (Wildman–Crippen MR) is 69.5 cm³/mol. The lowest BCUT2D eigenvalue weighted by atomic mass is 10.0. The fourth-order valence-corrected chi connectivity index (χ4v) is 1.65. The highest BCUT2D eigenvalue weighted by atomic mass is 16.2. The number of nitrogens with one attached hydrogen (secondary N) is 1. The van der Waals surface area contributed by atoms with Crippen molar-refractivity contribution in [1.82, 2.24) is 25.6 Å². The number of nitrogens with two attached hydrogens (primary N) is 1. The molecule has 2 unspecified atom stereocenters. The molecular weight excluding hydrogens is 244 g/mol. The zero-order valence-corrected chi connectivity index (χ0v) is 10.8. The predicted octanol–water partition coefficient (Wildman–Crippen LogP) is 0.527. The van der Waals surface area contributed by atoms with Gasteiger partial charge in [0.2, 0.25) is 11.7 Å². The van der Waals surface area contributed by atoms with Crippen LogP contribution in [0.3, 0.4) is 0 Å². The van der Waals surface area contributed by atoms with Crippen molar-refractivity contribution in [1.29, 1.82) is 0 Å². The van der Waals surface area contributed by atoms with E-state index < -0.39 is 0 Å². The maximum absolute atomic E-state index is 11.5. The second kappa shape index (κ2) is 5.57. The summed E-state index contributed by atoms with van der Waals surface area (Å²) < 4.78 is 0. The summed E-state index contributed by atoms with van der Waals surface area (Å²) in [4.78, 5) is 12.9. The lowest BCUT2D eigenvalue weighted by Gasteiger charge is -2.16. The van der Waals surface area contributed by atoms with Crippen LogP contribution in [0, 0.1) is 5.92 Å². The van der Waals surface area contributed by atoms with E-state index >= 15 is 0 Å². The second-order valence-corrected chi connectivity index (χ2v) is 4.34. The Kier molecular flexibility index (Phi) is 3.86. The molecule has 1 amide bonds. The van der Waals surface area contributed by atoms with E-state index in [1.807, 2.05) is 37.3 Å². The largest absolute Gasteiger partial charge is 0.294 e. The Morgan fingerprint density at radius 1 is 1.32 bits per heavy atom. The van der Waals surface area contributed by atoms with E-state index in [9.17, 15) is 4.79 Å². The minimum atomic E-state index is -0.345. The first-order chi connectivity index (χ1) is 9.13. The lowest BCUT2D eigenvalue weighted by Crippen LogP contribution is -2.38. The van der Waals surface area contributed by atoms with Crippen LogP contribution in [0.2, 0.25) is 0 Å². The third kappa shape index (κ3) is 2.76. The quantitative estimate of drug-likeness (QED) is 0.474. The van der Waals surface area contributed by atoms with Crippen LogP contribution in [-0.4, -0.2) is 26.1 Å². The molecule has 0 saturated heterocycles. The Balaban J connectivity index is 2.20. The molecular formula is C12H16N6O. The maximum Gasteiger partial charge on any atom is 0.238 e. The van der Waals surface area contributed by atoms with E-state index in [1.54, 1.807) is 6.92 Å². The molecule has 3 N–H and O–H groups in total. The molecule has 2 atom stereocenters. The minimum absolute atomic E-state index is 0.228. The van der Waals surface area contributed by atoms with Crippen LogP contribution in [0.15, 0.2) is 30.3 Å². The highest BCUT2D eigenvalue weighted by molar-refractivity contribution is 5.78. The number of carbonyl (C=O) groups excluding carboxylic acids is 1. The van der Waals surface area contributed by atoms with Crippen LogP contribution < -0.4 is 11.3 Å². The van der Waals surface area contributed by atoms with Crippen molar-refractivity contribution in [3.63, 3.8) is 0 Å². The SMILES string of the molecule is CC(C(=O)NN)C(C)n1nnc(-c2ccccc2)n1. The van der Waals surface area contributed by atoms with Crippen molar-refractivity contribution in [2.75, 3.05) is 0 Å². The van der Waals surface area contributed by atoms with Crippen molar-refractivity contribution in [2.45, 2.75) is 19.9 Å². The highest BCUT2D eigenvalue weighted by Crippen LogP contribution is 2.18. The fraction of sp³-hybridized carbons (Fsp3) is 0.333. The Morgan fingerprint density at radius 3 is 2.63 bits per heavy atom. The molecule has 100 valence electrons. The number of tetrazole rings is 1. The van der Waals surface area contributed by atoms with Crippen LogP contribution in [0.5, 0.6) is 0 Å². The minimum Gasteiger partial charge on any atom is -0.294 e. The van der Waals surface area contributed by atoms with E-state index in [0.717, 1.165) is 5.56 Å². The first-order valence-corrected chi connectivity index (χ1v) is 5.99. The van der Waals surface area contributed by atoms with Crippen molar-refractivity contribution >= 4 is 5.91 Å². The third-order valence-electron chi connectivity index (χ3n) is 3.10. The number of hydrazine groups is 1. The molecule has 0 radical (unpaired) electrons. The van der Waals surface area contributed by atoms with E-state index in [4.69, 9.17) is 5.84 Å². The molecule has 1 aromatic carbocycles. The number of nitrogens with zero attached hydrogens (tertiary/aromatic N) is 4.